The lowest BCUT2D eigenvalue weighted by molar-refractivity contribution is -0.164. The topological polar surface area (TPSA) is 52.6 Å². The van der Waals surface area contributed by atoms with E-state index >= 15 is 0 Å². The Bertz CT molecular complexity index is 177. The summed E-state index contributed by atoms with van der Waals surface area (Å²) in [5.74, 6) is -1.17. The fourth-order valence-electron chi connectivity index (χ4n) is 1.37. The van der Waals surface area contributed by atoms with E-state index in [1.54, 1.807) is 0 Å². The van der Waals surface area contributed by atoms with E-state index in [0.717, 1.165) is 12.8 Å². The second-order valence-electron chi connectivity index (χ2n) is 2.84. The van der Waals surface area contributed by atoms with Gasteiger partial charge in [0.1, 0.15) is 0 Å². The van der Waals surface area contributed by atoms with Gasteiger partial charge in [0.05, 0.1) is 26.1 Å². The van der Waals surface area contributed by atoms with Crippen molar-refractivity contribution in [2.45, 2.75) is 12.8 Å². The molecule has 0 N–H and O–H groups in total. The van der Waals surface area contributed by atoms with Crippen molar-refractivity contribution in [2.75, 3.05) is 14.2 Å². The molecular weight excluding hydrogens is 160 g/mol. The van der Waals surface area contributed by atoms with Crippen molar-refractivity contribution in [1.82, 2.24) is 0 Å². The van der Waals surface area contributed by atoms with Crippen LogP contribution in [0.2, 0.25) is 0 Å². The molecule has 68 valence electrons. The molecule has 0 radical (unpaired) electrons. The number of esters is 2. The lowest BCUT2D eigenvalue weighted by Gasteiger charge is -2.31. The molecule has 0 heterocycles. The van der Waals surface area contributed by atoms with E-state index < -0.39 is 0 Å². The summed E-state index contributed by atoms with van der Waals surface area (Å²) < 4.78 is 9.06. The summed E-state index contributed by atoms with van der Waals surface area (Å²) in [5, 5.41) is 0. The molecule has 0 saturated heterocycles. The Morgan fingerprint density at radius 3 is 1.50 bits per heavy atom. The zero-order valence-corrected chi connectivity index (χ0v) is 7.20. The standard InChI is InChI=1S/C8H12O4/c1-11-7(9)5-3-4-6(5)8(10)12-2/h5-6H,3-4H2,1-2H3/t5-,6-/m1/s1. The fourth-order valence-corrected chi connectivity index (χ4v) is 1.37. The third kappa shape index (κ3) is 1.42. The van der Waals surface area contributed by atoms with Gasteiger partial charge in [-0.15, -0.1) is 0 Å². The smallest absolute Gasteiger partial charge is 0.309 e. The first-order chi connectivity index (χ1) is 5.70. The van der Waals surface area contributed by atoms with Gasteiger partial charge in [-0.3, -0.25) is 9.59 Å². The van der Waals surface area contributed by atoms with Crippen LogP contribution in [0.3, 0.4) is 0 Å². The van der Waals surface area contributed by atoms with Gasteiger partial charge in [0.25, 0.3) is 0 Å². The van der Waals surface area contributed by atoms with Crippen molar-refractivity contribution in [3.8, 4) is 0 Å². The number of hydrogen-bond donors (Lipinski definition) is 0. The lowest BCUT2D eigenvalue weighted by Crippen LogP contribution is -2.39. The first-order valence-corrected chi connectivity index (χ1v) is 3.86. The quantitative estimate of drug-likeness (QED) is 0.564. The van der Waals surface area contributed by atoms with Crippen LogP contribution in [0.5, 0.6) is 0 Å². The first kappa shape index (κ1) is 9.03. The fraction of sp³-hybridized carbons (Fsp3) is 0.750. The third-order valence-corrected chi connectivity index (χ3v) is 2.28. The molecule has 0 aromatic carbocycles. The van der Waals surface area contributed by atoms with E-state index in [4.69, 9.17) is 0 Å². The van der Waals surface area contributed by atoms with Gasteiger partial charge < -0.3 is 9.47 Å². The van der Waals surface area contributed by atoms with Crippen LogP contribution in [0.25, 0.3) is 0 Å². The SMILES string of the molecule is COC(=O)[C@@H]1CC[C@H]1C(=O)OC. The Balaban J connectivity index is 2.49. The molecule has 1 saturated carbocycles. The largest absolute Gasteiger partial charge is 0.469 e. The molecule has 0 spiro atoms. The summed E-state index contributed by atoms with van der Waals surface area (Å²) in [4.78, 5) is 22.0. The zero-order chi connectivity index (χ0) is 9.14. The molecule has 1 aliphatic rings. The Labute approximate surface area is 70.8 Å². The van der Waals surface area contributed by atoms with Gasteiger partial charge in [0.15, 0.2) is 0 Å². The highest BCUT2D eigenvalue weighted by atomic mass is 16.5. The van der Waals surface area contributed by atoms with Crippen molar-refractivity contribution in [3.63, 3.8) is 0 Å². The van der Waals surface area contributed by atoms with Crippen LogP contribution in [0.1, 0.15) is 12.8 Å². The van der Waals surface area contributed by atoms with Gasteiger partial charge in [-0.05, 0) is 12.8 Å². The number of carbonyl (C=O) groups is 2. The molecule has 0 amide bonds. The predicted octanol–water partition coefficient (Wildman–Crippen LogP) is 0.359. The molecule has 4 heteroatoms. The van der Waals surface area contributed by atoms with Crippen LogP contribution < -0.4 is 0 Å². The van der Waals surface area contributed by atoms with E-state index in [0.29, 0.717) is 0 Å². The molecule has 4 nitrogen and oxygen atoms in total. The normalized spacial score (nSPS) is 27.2. The van der Waals surface area contributed by atoms with E-state index in [1.165, 1.54) is 14.2 Å². The third-order valence-electron chi connectivity index (χ3n) is 2.28. The minimum atomic E-state index is -0.309. The van der Waals surface area contributed by atoms with E-state index in [-0.39, 0.29) is 23.8 Å². The highest BCUT2D eigenvalue weighted by Crippen LogP contribution is 2.35. The van der Waals surface area contributed by atoms with Crippen LogP contribution in [-0.4, -0.2) is 26.2 Å². The highest BCUT2D eigenvalue weighted by Gasteiger charge is 2.42. The zero-order valence-electron chi connectivity index (χ0n) is 7.20. The summed E-state index contributed by atoms with van der Waals surface area (Å²) in [7, 11) is 2.66. The molecule has 12 heavy (non-hydrogen) atoms. The number of carbonyl (C=O) groups excluding carboxylic acids is 2. The van der Waals surface area contributed by atoms with Gasteiger partial charge in [-0.1, -0.05) is 0 Å². The summed E-state index contributed by atoms with van der Waals surface area (Å²) >= 11 is 0. The molecule has 0 aromatic heterocycles. The Hall–Kier alpha value is -1.06. The molecule has 0 aromatic rings. The van der Waals surface area contributed by atoms with Gasteiger partial charge in [0.2, 0.25) is 0 Å². The number of rotatable bonds is 2. The van der Waals surface area contributed by atoms with Crippen LogP contribution in [0.15, 0.2) is 0 Å². The Morgan fingerprint density at radius 2 is 1.33 bits per heavy atom. The Morgan fingerprint density at radius 1 is 1.00 bits per heavy atom. The maximum absolute atomic E-state index is 11.0. The van der Waals surface area contributed by atoms with Crippen molar-refractivity contribution >= 4 is 11.9 Å². The predicted molar refractivity (Wildman–Crippen MR) is 40.2 cm³/mol. The molecule has 0 bridgehead atoms. The van der Waals surface area contributed by atoms with Gasteiger partial charge >= 0.3 is 11.9 Å². The molecule has 1 rings (SSSR count). The number of ether oxygens (including phenoxy) is 2. The second-order valence-corrected chi connectivity index (χ2v) is 2.84. The van der Waals surface area contributed by atoms with E-state index in [2.05, 4.69) is 9.47 Å². The summed E-state index contributed by atoms with van der Waals surface area (Å²) in [6.45, 7) is 0. The Kier molecular flexibility index (Phi) is 2.68. The first-order valence-electron chi connectivity index (χ1n) is 3.86. The number of hydrogen-bond acceptors (Lipinski definition) is 4. The van der Waals surface area contributed by atoms with Gasteiger partial charge in [-0.2, -0.15) is 0 Å². The number of methoxy groups -OCH3 is 2. The average molecular weight is 172 g/mol. The summed E-state index contributed by atoms with van der Waals surface area (Å²) in [6, 6.07) is 0. The molecule has 0 unspecified atom stereocenters. The van der Waals surface area contributed by atoms with Crippen LogP contribution in [0.4, 0.5) is 0 Å². The van der Waals surface area contributed by atoms with Crippen molar-refractivity contribution in [3.05, 3.63) is 0 Å². The molecule has 2 atom stereocenters. The monoisotopic (exact) mass is 172 g/mol. The van der Waals surface area contributed by atoms with Gasteiger partial charge in [0, 0.05) is 0 Å². The molecule has 1 aliphatic carbocycles. The average Bonchev–Trinajstić information content (AvgIpc) is 2.02. The molecule has 1 fully saturated rings. The summed E-state index contributed by atoms with van der Waals surface area (Å²) in [6.07, 6.45) is 1.46. The highest BCUT2D eigenvalue weighted by molar-refractivity contribution is 5.83. The van der Waals surface area contributed by atoms with Crippen LogP contribution >= 0.6 is 0 Å². The van der Waals surface area contributed by atoms with Crippen LogP contribution in [0, 0.1) is 11.8 Å². The minimum Gasteiger partial charge on any atom is -0.469 e. The van der Waals surface area contributed by atoms with E-state index in [1.807, 2.05) is 0 Å². The maximum atomic E-state index is 11.0. The van der Waals surface area contributed by atoms with Crippen molar-refractivity contribution in [2.24, 2.45) is 11.8 Å². The van der Waals surface area contributed by atoms with Crippen molar-refractivity contribution < 1.29 is 19.1 Å². The minimum absolute atomic E-state index is 0.276. The van der Waals surface area contributed by atoms with E-state index in [9.17, 15) is 9.59 Å². The van der Waals surface area contributed by atoms with Gasteiger partial charge in [-0.25, -0.2) is 0 Å². The molecular formula is C8H12O4. The van der Waals surface area contributed by atoms with Crippen molar-refractivity contribution in [1.29, 1.82) is 0 Å². The second kappa shape index (κ2) is 3.56. The van der Waals surface area contributed by atoms with Crippen LogP contribution in [-0.2, 0) is 19.1 Å². The maximum Gasteiger partial charge on any atom is 0.309 e. The lowest BCUT2D eigenvalue weighted by atomic mass is 9.74. The summed E-state index contributed by atoms with van der Waals surface area (Å²) in [5.41, 5.74) is 0. The molecule has 0 aliphatic heterocycles.